The first-order valence-electron chi connectivity index (χ1n) is 20.0. The molecule has 0 saturated heterocycles. The molecule has 0 aliphatic carbocycles. The molecule has 2 unspecified atom stereocenters. The van der Waals surface area contributed by atoms with Gasteiger partial charge in [0.05, 0.1) is 143 Å². The lowest BCUT2D eigenvalue weighted by molar-refractivity contribution is -0.212. The second kappa shape index (κ2) is 24.0. The summed E-state index contributed by atoms with van der Waals surface area (Å²) in [6.45, 7) is 30.6. The van der Waals surface area contributed by atoms with E-state index in [1.807, 2.05) is 55.4 Å². The minimum Gasteiger partial charge on any atom is -0.393 e. The van der Waals surface area contributed by atoms with E-state index in [4.69, 9.17) is 58.8 Å². The molecule has 0 saturated carbocycles. The van der Waals surface area contributed by atoms with Crippen LogP contribution in [0.1, 0.15) is 111 Å². The Morgan fingerprint density at radius 1 is 0.357 bits per heavy atom. The molecule has 0 rings (SSSR count). The maximum absolute atomic E-state index is 10.2. The zero-order valence-electron chi connectivity index (χ0n) is 38.2. The summed E-state index contributed by atoms with van der Waals surface area (Å²) in [6, 6.07) is 0. The molecule has 0 bridgehead atoms. The first-order valence-corrected chi connectivity index (χ1v) is 20.0. The van der Waals surface area contributed by atoms with Crippen LogP contribution >= 0.6 is 0 Å². The van der Waals surface area contributed by atoms with E-state index in [1.165, 1.54) is 0 Å². The van der Waals surface area contributed by atoms with Crippen molar-refractivity contribution < 1.29 is 62.7 Å². The number of hydrogen-bond acceptors (Lipinski definition) is 15. The third-order valence-electron chi connectivity index (χ3n) is 8.73. The van der Waals surface area contributed by atoms with Crippen molar-refractivity contribution in [3.63, 3.8) is 0 Å². The highest BCUT2D eigenvalue weighted by atomic mass is 16.6. The average Bonchev–Trinajstić information content (AvgIpc) is 3.10. The van der Waals surface area contributed by atoms with Gasteiger partial charge in [0.1, 0.15) is 12.5 Å². The largest absolute Gasteiger partial charge is 0.393 e. The van der Waals surface area contributed by atoms with Gasteiger partial charge in [0.25, 0.3) is 0 Å². The van der Waals surface area contributed by atoms with Crippen molar-refractivity contribution in [1.29, 1.82) is 0 Å². The Balaban J connectivity index is 7.09. The quantitative estimate of drug-likeness (QED) is 0.0587. The number of aliphatic hydroxyl groups excluding tert-OH is 3. The van der Waals surface area contributed by atoms with Gasteiger partial charge in [-0.2, -0.15) is 0 Å². The number of ether oxygens (including phenoxy) is 10. The molecule has 0 aromatic rings. The fourth-order valence-electron chi connectivity index (χ4n) is 4.37. The predicted molar refractivity (Wildman–Crippen MR) is 217 cm³/mol. The van der Waals surface area contributed by atoms with Crippen molar-refractivity contribution in [2.45, 2.75) is 163 Å². The fraction of sp³-hybridized carbons (Fsp3) is 1.00. The highest BCUT2D eigenvalue weighted by molar-refractivity contribution is 4.88. The molecular formula is C41H86N2O13. The normalized spacial score (nSPS) is 16.4. The van der Waals surface area contributed by atoms with Crippen LogP contribution in [0.2, 0.25) is 0 Å². The van der Waals surface area contributed by atoms with Crippen molar-refractivity contribution in [2.24, 2.45) is 22.3 Å². The Kier molecular flexibility index (Phi) is 23.7. The van der Waals surface area contributed by atoms with Crippen LogP contribution < -0.4 is 11.5 Å². The molecule has 0 fully saturated rings. The Bertz CT molecular complexity index is 1000. The molecule has 0 aliphatic rings. The molecule has 2 atom stereocenters. The molecule has 0 amide bonds. The summed E-state index contributed by atoms with van der Waals surface area (Å²) in [6.07, 6.45) is -0.960. The van der Waals surface area contributed by atoms with Crippen LogP contribution in [-0.4, -0.2) is 160 Å². The lowest BCUT2D eigenvalue weighted by Gasteiger charge is -2.42. The van der Waals surface area contributed by atoms with E-state index in [1.54, 1.807) is 55.4 Å². The monoisotopic (exact) mass is 815 g/mol. The van der Waals surface area contributed by atoms with Crippen LogP contribution in [0.15, 0.2) is 0 Å². The Hall–Kier alpha value is -0.600. The minimum absolute atomic E-state index is 0.00872. The predicted octanol–water partition coefficient (Wildman–Crippen LogP) is 3.79. The summed E-state index contributed by atoms with van der Waals surface area (Å²) in [7, 11) is 0. The van der Waals surface area contributed by atoms with Crippen molar-refractivity contribution in [3.05, 3.63) is 0 Å². The van der Waals surface area contributed by atoms with E-state index in [9.17, 15) is 15.3 Å². The fourth-order valence-corrected chi connectivity index (χ4v) is 4.37. The maximum atomic E-state index is 10.2. The van der Waals surface area contributed by atoms with E-state index < -0.39 is 56.9 Å². The first-order chi connectivity index (χ1) is 25.4. The summed E-state index contributed by atoms with van der Waals surface area (Å²) in [5, 5.41) is 30.4. The highest BCUT2D eigenvalue weighted by Gasteiger charge is 2.42. The highest BCUT2D eigenvalue weighted by Crippen LogP contribution is 2.32. The third-order valence-corrected chi connectivity index (χ3v) is 8.73. The van der Waals surface area contributed by atoms with E-state index >= 15 is 0 Å². The molecule has 15 heteroatoms. The van der Waals surface area contributed by atoms with E-state index in [-0.39, 0.29) is 92.0 Å². The zero-order valence-corrected chi connectivity index (χ0v) is 38.2. The molecule has 0 radical (unpaired) electrons. The minimum atomic E-state index is -0.947. The Labute approximate surface area is 340 Å². The molecular weight excluding hydrogens is 728 g/mol. The summed E-state index contributed by atoms with van der Waals surface area (Å²) in [5.41, 5.74) is 5.05. The van der Waals surface area contributed by atoms with Crippen LogP contribution in [0.5, 0.6) is 0 Å². The summed E-state index contributed by atoms with van der Waals surface area (Å²) in [5.74, 6) is 0. The van der Waals surface area contributed by atoms with Gasteiger partial charge in [0.2, 0.25) is 0 Å². The van der Waals surface area contributed by atoms with Crippen LogP contribution in [0.4, 0.5) is 0 Å². The molecule has 338 valence electrons. The molecule has 15 nitrogen and oxygen atoms in total. The maximum Gasteiger partial charge on any atom is 0.102 e. The molecule has 0 aromatic carbocycles. The van der Waals surface area contributed by atoms with Crippen LogP contribution in [0, 0.1) is 10.8 Å². The molecule has 7 N–H and O–H groups in total. The number of aliphatic hydroxyl groups is 3. The number of hydrogen-bond donors (Lipinski definition) is 5. The molecule has 0 spiro atoms. The summed E-state index contributed by atoms with van der Waals surface area (Å²) in [4.78, 5) is 0. The van der Waals surface area contributed by atoms with Crippen molar-refractivity contribution in [2.75, 3.05) is 92.5 Å². The second-order valence-corrected chi connectivity index (χ2v) is 19.6. The molecule has 56 heavy (non-hydrogen) atoms. The van der Waals surface area contributed by atoms with E-state index in [0.717, 1.165) is 0 Å². The van der Waals surface area contributed by atoms with Gasteiger partial charge in [-0.05, 0) is 111 Å². The summed E-state index contributed by atoms with van der Waals surface area (Å²) < 4.78 is 62.9. The van der Waals surface area contributed by atoms with Gasteiger partial charge in [0.15, 0.2) is 0 Å². The van der Waals surface area contributed by atoms with Gasteiger partial charge in [0, 0.05) is 0 Å². The number of rotatable bonds is 34. The molecule has 0 aliphatic heterocycles. The molecule has 0 aromatic heterocycles. The first kappa shape index (κ1) is 55.4. The van der Waals surface area contributed by atoms with Gasteiger partial charge in [-0.25, -0.2) is 0 Å². The van der Waals surface area contributed by atoms with Gasteiger partial charge < -0.3 is 74.2 Å². The topological polar surface area (TPSA) is 205 Å². The lowest BCUT2D eigenvalue weighted by Crippen LogP contribution is -2.52. The lowest BCUT2D eigenvalue weighted by atomic mass is 9.89. The Morgan fingerprint density at radius 3 is 0.804 bits per heavy atom. The van der Waals surface area contributed by atoms with Gasteiger partial charge in [-0.1, -0.05) is 0 Å². The van der Waals surface area contributed by atoms with Crippen molar-refractivity contribution in [3.8, 4) is 0 Å². The van der Waals surface area contributed by atoms with Gasteiger partial charge >= 0.3 is 0 Å². The van der Waals surface area contributed by atoms with Crippen LogP contribution in [0.3, 0.4) is 0 Å². The SMILES string of the molecule is CC(C)OCC(C)(C)OCC(COCC(COC(C)(C)CO)(COC(C)(C)COC(C)N)COC(C)(C)COC(C)N)(COC(C)(C)CO)COC(C)(C)CO. The smallest absolute Gasteiger partial charge is 0.102 e. The Morgan fingerprint density at radius 2 is 0.589 bits per heavy atom. The third kappa shape index (κ3) is 25.1. The van der Waals surface area contributed by atoms with Gasteiger partial charge in [-0.15, -0.1) is 0 Å². The van der Waals surface area contributed by atoms with Crippen LogP contribution in [-0.2, 0) is 47.4 Å². The second-order valence-electron chi connectivity index (χ2n) is 19.6. The summed E-state index contributed by atoms with van der Waals surface area (Å²) >= 11 is 0. The molecule has 0 heterocycles. The zero-order chi connectivity index (χ0) is 43.7. The van der Waals surface area contributed by atoms with Crippen LogP contribution in [0.25, 0.3) is 0 Å². The van der Waals surface area contributed by atoms with E-state index in [0.29, 0.717) is 6.61 Å². The van der Waals surface area contributed by atoms with Crippen molar-refractivity contribution >= 4 is 0 Å². The van der Waals surface area contributed by atoms with E-state index in [2.05, 4.69) is 0 Å². The standard InChI is InChI=1S/C41H86N2O13/c1-31(2)48-20-37(11,12)54-28-40(25-51-34(5,6)17-44,26-52-35(7,8)18-45)23-47-24-41(27-53-36(9,10)19-46,29-55-38(13,14)21-49-32(3)42)30-56-39(15,16)22-50-33(4)43/h31-33,44-46H,17-30,42-43H2,1-16H3. The number of nitrogens with two attached hydrogens (primary N) is 2. The van der Waals surface area contributed by atoms with Gasteiger partial charge in [-0.3, -0.25) is 0 Å². The average molecular weight is 815 g/mol. The van der Waals surface area contributed by atoms with Crippen molar-refractivity contribution in [1.82, 2.24) is 0 Å².